The monoisotopic (exact) mass is 317 g/mol. The van der Waals surface area contributed by atoms with Crippen molar-refractivity contribution in [3.63, 3.8) is 0 Å². The summed E-state index contributed by atoms with van der Waals surface area (Å²) in [6.45, 7) is 3.70. The lowest BCUT2D eigenvalue weighted by atomic mass is 9.90. The Bertz CT molecular complexity index is 823. The summed E-state index contributed by atoms with van der Waals surface area (Å²) >= 11 is 0. The van der Waals surface area contributed by atoms with Gasteiger partial charge in [0.15, 0.2) is 11.2 Å². The Morgan fingerprint density at radius 1 is 1.39 bits per heavy atom. The van der Waals surface area contributed by atoms with Crippen molar-refractivity contribution in [2.75, 3.05) is 13.1 Å². The number of carbonyl (C=O) groups is 1. The average molecular weight is 317 g/mol. The first-order valence-corrected chi connectivity index (χ1v) is 7.52. The van der Waals surface area contributed by atoms with Crippen molar-refractivity contribution in [3.05, 3.63) is 45.8 Å². The number of likely N-dealkylation sites (tertiary alicyclic amines) is 1. The highest BCUT2D eigenvalue weighted by Gasteiger charge is 2.38. The van der Waals surface area contributed by atoms with E-state index in [9.17, 15) is 19.8 Å². The molecule has 2 aromatic rings. The summed E-state index contributed by atoms with van der Waals surface area (Å²) in [5, 5.41) is 20.3. The Labute approximate surface area is 133 Å². The van der Waals surface area contributed by atoms with E-state index >= 15 is 0 Å². The number of rotatable bonds is 1. The van der Waals surface area contributed by atoms with Crippen molar-refractivity contribution >= 4 is 16.9 Å². The Hall–Kier alpha value is -2.18. The fraction of sp³-hybridized carbons (Fsp3) is 0.412. The van der Waals surface area contributed by atoms with Gasteiger partial charge in [-0.2, -0.15) is 0 Å². The van der Waals surface area contributed by atoms with Crippen molar-refractivity contribution in [1.82, 2.24) is 4.90 Å². The number of benzene rings is 1. The first kappa shape index (κ1) is 15.7. The van der Waals surface area contributed by atoms with E-state index in [-0.39, 0.29) is 24.2 Å². The third-order valence-corrected chi connectivity index (χ3v) is 4.38. The fourth-order valence-corrected chi connectivity index (χ4v) is 2.73. The summed E-state index contributed by atoms with van der Waals surface area (Å²) < 4.78 is 5.59. The molecule has 1 aliphatic heterocycles. The number of aryl methyl sites for hydroxylation is 1. The topological polar surface area (TPSA) is 91.0 Å². The van der Waals surface area contributed by atoms with Crippen LogP contribution in [0.4, 0.5) is 0 Å². The van der Waals surface area contributed by atoms with Crippen LogP contribution in [0.25, 0.3) is 11.0 Å². The molecule has 6 heteroatoms. The third kappa shape index (κ3) is 2.87. The van der Waals surface area contributed by atoms with Gasteiger partial charge < -0.3 is 19.5 Å². The Morgan fingerprint density at radius 3 is 2.83 bits per heavy atom. The molecule has 1 saturated heterocycles. The van der Waals surface area contributed by atoms with Gasteiger partial charge in [-0.3, -0.25) is 9.59 Å². The van der Waals surface area contributed by atoms with E-state index in [0.717, 1.165) is 5.56 Å². The van der Waals surface area contributed by atoms with Crippen LogP contribution >= 0.6 is 0 Å². The lowest BCUT2D eigenvalue weighted by Crippen LogP contribution is -2.55. The summed E-state index contributed by atoms with van der Waals surface area (Å²) in [5.41, 5.74) is -0.197. The van der Waals surface area contributed by atoms with Gasteiger partial charge in [-0.1, -0.05) is 6.07 Å². The van der Waals surface area contributed by atoms with Crippen LogP contribution < -0.4 is 5.43 Å². The van der Waals surface area contributed by atoms with Gasteiger partial charge >= 0.3 is 0 Å². The first-order chi connectivity index (χ1) is 10.8. The molecule has 3 rings (SSSR count). The van der Waals surface area contributed by atoms with Crippen molar-refractivity contribution < 1.29 is 19.4 Å². The normalized spacial score (nSPS) is 24.9. The fourth-order valence-electron chi connectivity index (χ4n) is 2.73. The van der Waals surface area contributed by atoms with Gasteiger partial charge in [-0.25, -0.2) is 0 Å². The van der Waals surface area contributed by atoms with Gasteiger partial charge in [0.05, 0.1) is 17.1 Å². The van der Waals surface area contributed by atoms with Crippen LogP contribution in [0.5, 0.6) is 0 Å². The van der Waals surface area contributed by atoms with E-state index in [1.807, 2.05) is 13.0 Å². The molecule has 2 heterocycles. The third-order valence-electron chi connectivity index (χ3n) is 4.38. The predicted octanol–water partition coefficient (Wildman–Crippen LogP) is 1.06. The number of piperidine rings is 1. The number of β-amino-alcohol motifs (C(OH)–C–C–N with tert-alkyl or cyclic N) is 1. The number of hydrogen-bond donors (Lipinski definition) is 2. The van der Waals surface area contributed by atoms with Crippen LogP contribution in [-0.2, 0) is 0 Å². The lowest BCUT2D eigenvalue weighted by Gasteiger charge is -2.39. The molecule has 23 heavy (non-hydrogen) atoms. The minimum absolute atomic E-state index is 0.00139. The molecular weight excluding hydrogens is 298 g/mol. The molecule has 0 aliphatic carbocycles. The first-order valence-electron chi connectivity index (χ1n) is 7.52. The predicted molar refractivity (Wildman–Crippen MR) is 84.4 cm³/mol. The molecule has 1 aromatic carbocycles. The number of fused-ring (bicyclic) bond motifs is 1. The molecule has 6 nitrogen and oxygen atoms in total. The number of carbonyl (C=O) groups excluding carboxylic acids is 1. The molecule has 122 valence electrons. The second kappa shape index (κ2) is 5.47. The zero-order valence-corrected chi connectivity index (χ0v) is 13.1. The molecule has 1 aliphatic rings. The van der Waals surface area contributed by atoms with Crippen molar-refractivity contribution in [2.45, 2.75) is 32.0 Å². The quantitative estimate of drug-likeness (QED) is 0.820. The Kier molecular flexibility index (Phi) is 3.74. The minimum Gasteiger partial charge on any atom is -0.451 e. The van der Waals surface area contributed by atoms with Crippen LogP contribution in [0.3, 0.4) is 0 Å². The summed E-state index contributed by atoms with van der Waals surface area (Å²) in [6, 6.07) is 6.37. The van der Waals surface area contributed by atoms with E-state index in [1.54, 1.807) is 19.1 Å². The molecule has 1 amide bonds. The van der Waals surface area contributed by atoms with Gasteiger partial charge in [-0.15, -0.1) is 0 Å². The molecule has 1 aromatic heterocycles. The molecule has 0 bridgehead atoms. The molecule has 2 unspecified atom stereocenters. The molecule has 0 spiro atoms. The highest BCUT2D eigenvalue weighted by atomic mass is 16.4. The van der Waals surface area contributed by atoms with Crippen LogP contribution in [0.2, 0.25) is 0 Å². The zero-order chi connectivity index (χ0) is 16.8. The second-order valence-corrected chi connectivity index (χ2v) is 6.35. The van der Waals surface area contributed by atoms with Crippen LogP contribution in [-0.4, -0.2) is 45.8 Å². The summed E-state index contributed by atoms with van der Waals surface area (Å²) in [5.74, 6) is -0.512. The molecule has 2 atom stereocenters. The van der Waals surface area contributed by atoms with Crippen LogP contribution in [0.1, 0.15) is 29.5 Å². The Morgan fingerprint density at radius 2 is 2.13 bits per heavy atom. The van der Waals surface area contributed by atoms with Gasteiger partial charge in [0.1, 0.15) is 5.58 Å². The maximum Gasteiger partial charge on any atom is 0.289 e. The largest absolute Gasteiger partial charge is 0.451 e. The maximum absolute atomic E-state index is 12.5. The lowest BCUT2D eigenvalue weighted by molar-refractivity contribution is -0.100. The van der Waals surface area contributed by atoms with Crippen LogP contribution in [0.15, 0.2) is 33.5 Å². The maximum atomic E-state index is 12.5. The van der Waals surface area contributed by atoms with E-state index in [0.29, 0.717) is 17.5 Å². The second-order valence-electron chi connectivity index (χ2n) is 6.35. The van der Waals surface area contributed by atoms with E-state index in [2.05, 4.69) is 0 Å². The van der Waals surface area contributed by atoms with Gasteiger partial charge in [0, 0.05) is 19.2 Å². The van der Waals surface area contributed by atoms with E-state index < -0.39 is 17.6 Å². The minimum atomic E-state index is -1.21. The smallest absolute Gasteiger partial charge is 0.289 e. The molecule has 0 saturated carbocycles. The molecule has 1 fully saturated rings. The molecule has 0 radical (unpaired) electrons. The summed E-state index contributed by atoms with van der Waals surface area (Å²) in [4.78, 5) is 26.1. The number of hydrogen-bond acceptors (Lipinski definition) is 5. The number of nitrogens with zero attached hydrogens (tertiary/aromatic N) is 1. The highest BCUT2D eigenvalue weighted by Crippen LogP contribution is 2.23. The Balaban J connectivity index is 1.94. The van der Waals surface area contributed by atoms with Crippen molar-refractivity contribution in [3.8, 4) is 0 Å². The van der Waals surface area contributed by atoms with Crippen molar-refractivity contribution in [2.24, 2.45) is 0 Å². The number of aliphatic hydroxyl groups is 2. The van der Waals surface area contributed by atoms with Crippen LogP contribution in [0, 0.1) is 6.92 Å². The van der Waals surface area contributed by atoms with E-state index in [1.165, 1.54) is 11.0 Å². The van der Waals surface area contributed by atoms with E-state index in [4.69, 9.17) is 4.42 Å². The van der Waals surface area contributed by atoms with Crippen molar-refractivity contribution in [1.29, 1.82) is 0 Å². The standard InChI is InChI=1S/C17H19NO5/c1-10-3-4-11-12(19)8-14(23-13(11)7-10)16(21)18-6-5-17(2,22)15(20)9-18/h3-4,7-8,15,20,22H,5-6,9H2,1-2H3. The van der Waals surface area contributed by atoms with Gasteiger partial charge in [-0.05, 0) is 38.0 Å². The summed E-state index contributed by atoms with van der Waals surface area (Å²) in [6.07, 6.45) is -0.772. The zero-order valence-electron chi connectivity index (χ0n) is 13.1. The number of aliphatic hydroxyl groups excluding tert-OH is 1. The molecule has 2 N–H and O–H groups in total. The average Bonchev–Trinajstić information content (AvgIpc) is 2.48. The highest BCUT2D eigenvalue weighted by molar-refractivity contribution is 5.93. The molecular formula is C17H19NO5. The van der Waals surface area contributed by atoms with Gasteiger partial charge in [0.2, 0.25) is 0 Å². The van der Waals surface area contributed by atoms with Gasteiger partial charge in [0.25, 0.3) is 5.91 Å². The number of amides is 1. The SMILES string of the molecule is Cc1ccc2c(=O)cc(C(=O)N3CCC(C)(O)C(O)C3)oc2c1. The summed E-state index contributed by atoms with van der Waals surface area (Å²) in [7, 11) is 0.